The van der Waals surface area contributed by atoms with Crippen LogP contribution in [0.4, 0.5) is 0 Å². The summed E-state index contributed by atoms with van der Waals surface area (Å²) in [6.07, 6.45) is -0.105. The molecule has 6 heteroatoms. The largest absolute Gasteiger partial charge is 0.452 e. The van der Waals surface area contributed by atoms with E-state index < -0.39 is 23.9 Å². The summed E-state index contributed by atoms with van der Waals surface area (Å²) in [4.78, 5) is 36.4. The molecule has 2 N–H and O–H groups in total. The molecule has 0 aliphatic carbocycles. The lowest BCUT2D eigenvalue weighted by molar-refractivity contribution is -0.157. The van der Waals surface area contributed by atoms with E-state index in [9.17, 15) is 14.4 Å². The van der Waals surface area contributed by atoms with E-state index in [2.05, 4.69) is 0 Å². The lowest BCUT2D eigenvalue weighted by atomic mass is 10.1. The summed E-state index contributed by atoms with van der Waals surface area (Å²) < 4.78 is 4.96. The Bertz CT molecular complexity index is 559. The van der Waals surface area contributed by atoms with Crippen molar-refractivity contribution in [2.24, 2.45) is 11.7 Å². The molecular formula is C16H20N2O4. The maximum atomic E-state index is 12.0. The van der Waals surface area contributed by atoms with E-state index in [1.165, 1.54) is 6.92 Å². The van der Waals surface area contributed by atoms with Gasteiger partial charge in [0.15, 0.2) is 6.10 Å². The molecule has 2 amide bonds. The highest BCUT2D eigenvalue weighted by atomic mass is 16.5. The van der Waals surface area contributed by atoms with Crippen LogP contribution in [0.5, 0.6) is 0 Å². The lowest BCUT2D eigenvalue weighted by Gasteiger charge is -2.17. The van der Waals surface area contributed by atoms with Gasteiger partial charge in [-0.2, -0.15) is 0 Å². The zero-order valence-corrected chi connectivity index (χ0v) is 12.5. The predicted molar refractivity (Wildman–Crippen MR) is 79.6 cm³/mol. The van der Waals surface area contributed by atoms with Gasteiger partial charge in [0.2, 0.25) is 5.91 Å². The van der Waals surface area contributed by atoms with Crippen molar-refractivity contribution in [3.8, 4) is 0 Å². The Balaban J connectivity index is 1.85. The van der Waals surface area contributed by atoms with Crippen LogP contribution in [0.15, 0.2) is 30.3 Å². The monoisotopic (exact) mass is 304 g/mol. The second-order valence-corrected chi connectivity index (χ2v) is 5.46. The number of rotatable bonds is 6. The molecule has 0 unspecified atom stereocenters. The Hall–Kier alpha value is -2.37. The Labute approximate surface area is 129 Å². The molecular weight excluding hydrogens is 284 g/mol. The SMILES string of the molecule is C[C@H](OC(=O)[C@H]1CC(=O)N(CCc2ccccc2)C1)C(N)=O. The van der Waals surface area contributed by atoms with Crippen LogP contribution in [0.2, 0.25) is 0 Å². The Morgan fingerprint density at radius 3 is 2.68 bits per heavy atom. The lowest BCUT2D eigenvalue weighted by Crippen LogP contribution is -2.34. The number of hydrogen-bond acceptors (Lipinski definition) is 4. The first-order chi connectivity index (χ1) is 10.5. The van der Waals surface area contributed by atoms with Gasteiger partial charge in [0.25, 0.3) is 5.91 Å². The molecule has 1 saturated heterocycles. The summed E-state index contributed by atoms with van der Waals surface area (Å²) in [5.41, 5.74) is 6.20. The highest BCUT2D eigenvalue weighted by Gasteiger charge is 2.36. The van der Waals surface area contributed by atoms with Gasteiger partial charge in [-0.05, 0) is 18.9 Å². The Kier molecular flexibility index (Phi) is 5.14. The molecule has 0 radical (unpaired) electrons. The van der Waals surface area contributed by atoms with Crippen molar-refractivity contribution in [3.63, 3.8) is 0 Å². The van der Waals surface area contributed by atoms with Crippen LogP contribution in [0.3, 0.4) is 0 Å². The number of likely N-dealkylation sites (tertiary alicyclic amines) is 1. The Morgan fingerprint density at radius 2 is 2.05 bits per heavy atom. The smallest absolute Gasteiger partial charge is 0.312 e. The molecule has 1 aromatic rings. The molecule has 1 aromatic carbocycles. The minimum atomic E-state index is -0.971. The number of carbonyl (C=O) groups is 3. The normalized spacial score (nSPS) is 19.0. The molecule has 1 fully saturated rings. The average molecular weight is 304 g/mol. The second-order valence-electron chi connectivity index (χ2n) is 5.46. The molecule has 22 heavy (non-hydrogen) atoms. The van der Waals surface area contributed by atoms with Gasteiger partial charge in [0.05, 0.1) is 5.92 Å². The molecule has 6 nitrogen and oxygen atoms in total. The molecule has 0 saturated carbocycles. The molecule has 1 aliphatic heterocycles. The van der Waals surface area contributed by atoms with E-state index in [1.807, 2.05) is 30.3 Å². The predicted octanol–water partition coefficient (Wildman–Crippen LogP) is 0.495. The van der Waals surface area contributed by atoms with Crippen LogP contribution in [-0.2, 0) is 25.5 Å². The number of primary amides is 1. The van der Waals surface area contributed by atoms with Crippen LogP contribution in [0.1, 0.15) is 18.9 Å². The summed E-state index contributed by atoms with van der Waals surface area (Å²) in [6.45, 7) is 2.32. The highest BCUT2D eigenvalue weighted by Crippen LogP contribution is 2.20. The summed E-state index contributed by atoms with van der Waals surface area (Å²) in [6, 6.07) is 9.84. The van der Waals surface area contributed by atoms with E-state index in [0.29, 0.717) is 13.1 Å². The van der Waals surface area contributed by atoms with Gasteiger partial charge in [0, 0.05) is 19.5 Å². The summed E-state index contributed by atoms with van der Waals surface area (Å²) in [5, 5.41) is 0. The average Bonchev–Trinajstić information content (AvgIpc) is 2.87. The summed E-state index contributed by atoms with van der Waals surface area (Å²) in [5.74, 6) is -1.82. The molecule has 1 aliphatic rings. The number of nitrogens with zero attached hydrogens (tertiary/aromatic N) is 1. The zero-order valence-electron chi connectivity index (χ0n) is 12.5. The molecule has 0 bridgehead atoms. The molecule has 1 heterocycles. The minimum Gasteiger partial charge on any atom is -0.452 e. The molecule has 2 atom stereocenters. The van der Waals surface area contributed by atoms with Crippen molar-refractivity contribution in [2.45, 2.75) is 25.9 Å². The number of ether oxygens (including phenoxy) is 1. The molecule has 118 valence electrons. The van der Waals surface area contributed by atoms with Gasteiger partial charge in [-0.15, -0.1) is 0 Å². The van der Waals surface area contributed by atoms with Crippen LogP contribution < -0.4 is 5.73 Å². The second kappa shape index (κ2) is 7.06. The van der Waals surface area contributed by atoms with E-state index >= 15 is 0 Å². The maximum Gasteiger partial charge on any atom is 0.312 e. The van der Waals surface area contributed by atoms with Gasteiger partial charge in [-0.1, -0.05) is 30.3 Å². The van der Waals surface area contributed by atoms with Crippen molar-refractivity contribution in [1.82, 2.24) is 4.90 Å². The first-order valence-electron chi connectivity index (χ1n) is 7.29. The van der Waals surface area contributed by atoms with Crippen molar-refractivity contribution in [1.29, 1.82) is 0 Å². The fraction of sp³-hybridized carbons (Fsp3) is 0.438. The van der Waals surface area contributed by atoms with E-state index in [1.54, 1.807) is 4.90 Å². The highest BCUT2D eigenvalue weighted by molar-refractivity contribution is 5.88. The fourth-order valence-electron chi connectivity index (χ4n) is 2.38. The standard InChI is InChI=1S/C16H20N2O4/c1-11(15(17)20)22-16(21)13-9-14(19)18(10-13)8-7-12-5-3-2-4-6-12/h2-6,11,13H,7-10H2,1H3,(H2,17,20)/t11-,13-/m0/s1. The zero-order chi connectivity index (χ0) is 16.1. The third-order valence-corrected chi connectivity index (χ3v) is 3.75. The summed E-state index contributed by atoms with van der Waals surface area (Å²) >= 11 is 0. The first-order valence-corrected chi connectivity index (χ1v) is 7.29. The Morgan fingerprint density at radius 1 is 1.36 bits per heavy atom. The minimum absolute atomic E-state index is 0.0652. The van der Waals surface area contributed by atoms with E-state index in [4.69, 9.17) is 10.5 Å². The van der Waals surface area contributed by atoms with Crippen molar-refractivity contribution in [2.75, 3.05) is 13.1 Å². The van der Waals surface area contributed by atoms with Crippen LogP contribution in [0, 0.1) is 5.92 Å². The van der Waals surface area contributed by atoms with Crippen molar-refractivity contribution < 1.29 is 19.1 Å². The van der Waals surface area contributed by atoms with E-state index in [0.717, 1.165) is 12.0 Å². The molecule has 2 rings (SSSR count). The van der Waals surface area contributed by atoms with Crippen LogP contribution in [0.25, 0.3) is 0 Å². The molecule has 0 aromatic heterocycles. The van der Waals surface area contributed by atoms with Gasteiger partial charge < -0.3 is 15.4 Å². The fourth-order valence-corrected chi connectivity index (χ4v) is 2.38. The van der Waals surface area contributed by atoms with Gasteiger partial charge in [0.1, 0.15) is 0 Å². The topological polar surface area (TPSA) is 89.7 Å². The number of carbonyl (C=O) groups excluding carboxylic acids is 3. The molecule has 0 spiro atoms. The van der Waals surface area contributed by atoms with Crippen molar-refractivity contribution in [3.05, 3.63) is 35.9 Å². The van der Waals surface area contributed by atoms with Crippen LogP contribution in [-0.4, -0.2) is 41.9 Å². The van der Waals surface area contributed by atoms with Gasteiger partial charge >= 0.3 is 5.97 Å². The quantitative estimate of drug-likeness (QED) is 0.775. The third-order valence-electron chi connectivity index (χ3n) is 3.75. The summed E-state index contributed by atoms with van der Waals surface area (Å²) in [7, 11) is 0. The number of amides is 2. The maximum absolute atomic E-state index is 12.0. The van der Waals surface area contributed by atoms with Gasteiger partial charge in [-0.3, -0.25) is 14.4 Å². The van der Waals surface area contributed by atoms with E-state index in [-0.39, 0.29) is 12.3 Å². The first kappa shape index (κ1) is 16.0. The van der Waals surface area contributed by atoms with Gasteiger partial charge in [-0.25, -0.2) is 0 Å². The van der Waals surface area contributed by atoms with Crippen LogP contribution >= 0.6 is 0 Å². The number of benzene rings is 1. The van der Waals surface area contributed by atoms with Crippen molar-refractivity contribution >= 4 is 17.8 Å². The number of nitrogens with two attached hydrogens (primary N) is 1. The number of hydrogen-bond donors (Lipinski definition) is 1. The third kappa shape index (κ3) is 4.07. The number of esters is 1.